The van der Waals surface area contributed by atoms with Gasteiger partial charge in [0.25, 0.3) is 0 Å². The Hall–Kier alpha value is -2.53. The second-order valence-electron chi connectivity index (χ2n) is 6.98. The molecule has 156 valence electrons. The second kappa shape index (κ2) is 8.68. The van der Waals surface area contributed by atoms with Crippen molar-refractivity contribution in [3.63, 3.8) is 0 Å². The highest BCUT2D eigenvalue weighted by molar-refractivity contribution is 6.45. The SMILES string of the molecule is CCOC(=O)c1c(-c2cnn(C3CCCCO3)c2)c2ccc(Cl)c(Cl)c2n1CC#N. The number of rotatable bonds is 5. The summed E-state index contributed by atoms with van der Waals surface area (Å²) in [6.07, 6.45) is 6.40. The van der Waals surface area contributed by atoms with E-state index in [0.717, 1.165) is 19.3 Å². The Labute approximate surface area is 183 Å². The Balaban J connectivity index is 1.95. The summed E-state index contributed by atoms with van der Waals surface area (Å²) < 4.78 is 14.5. The standard InChI is InChI=1S/C21H20Cl2N4O3/c1-2-29-21(28)20-17(13-11-25-27(12-13)16-5-3-4-10-30-16)14-6-7-15(22)18(23)19(14)26(20)9-8-24/h6-7,11-12,16H,2-5,9-10H2,1H3. The first-order valence-electron chi connectivity index (χ1n) is 9.77. The van der Waals surface area contributed by atoms with Crippen LogP contribution >= 0.6 is 23.2 Å². The van der Waals surface area contributed by atoms with Crippen LogP contribution in [0.3, 0.4) is 0 Å². The quantitative estimate of drug-likeness (QED) is 0.502. The van der Waals surface area contributed by atoms with Gasteiger partial charge in [0, 0.05) is 29.3 Å². The van der Waals surface area contributed by atoms with E-state index in [1.165, 1.54) is 0 Å². The van der Waals surface area contributed by atoms with Crippen LogP contribution in [0.1, 0.15) is 42.9 Å². The van der Waals surface area contributed by atoms with Gasteiger partial charge in [-0.15, -0.1) is 0 Å². The Kier molecular flexibility index (Phi) is 6.00. The predicted molar refractivity (Wildman–Crippen MR) is 114 cm³/mol. The van der Waals surface area contributed by atoms with Crippen molar-refractivity contribution >= 4 is 40.1 Å². The van der Waals surface area contributed by atoms with E-state index >= 15 is 0 Å². The smallest absolute Gasteiger partial charge is 0.355 e. The number of fused-ring (bicyclic) bond motifs is 1. The van der Waals surface area contributed by atoms with Crippen molar-refractivity contribution in [2.75, 3.05) is 13.2 Å². The summed E-state index contributed by atoms with van der Waals surface area (Å²) in [6, 6.07) is 5.57. The fraction of sp³-hybridized carbons (Fsp3) is 0.381. The van der Waals surface area contributed by atoms with Crippen molar-refractivity contribution in [3.8, 4) is 17.2 Å². The van der Waals surface area contributed by atoms with Gasteiger partial charge in [-0.25, -0.2) is 9.48 Å². The number of hydrogen-bond donors (Lipinski definition) is 0. The summed E-state index contributed by atoms with van der Waals surface area (Å²) in [6.45, 7) is 2.56. The molecule has 9 heteroatoms. The van der Waals surface area contributed by atoms with Gasteiger partial charge in [-0.2, -0.15) is 10.4 Å². The van der Waals surface area contributed by atoms with Crippen LogP contribution < -0.4 is 0 Å². The van der Waals surface area contributed by atoms with Crippen molar-refractivity contribution < 1.29 is 14.3 Å². The fourth-order valence-corrected chi connectivity index (χ4v) is 4.29. The van der Waals surface area contributed by atoms with Gasteiger partial charge in [0.1, 0.15) is 18.5 Å². The third kappa shape index (κ3) is 3.56. The minimum absolute atomic E-state index is 0.0788. The maximum atomic E-state index is 12.9. The van der Waals surface area contributed by atoms with Crippen LogP contribution in [0.15, 0.2) is 24.5 Å². The highest BCUT2D eigenvalue weighted by atomic mass is 35.5. The Morgan fingerprint density at radius 2 is 2.23 bits per heavy atom. The maximum absolute atomic E-state index is 12.9. The molecule has 3 heterocycles. The first-order chi connectivity index (χ1) is 14.6. The molecule has 0 saturated carbocycles. The number of benzene rings is 1. The number of carbonyl (C=O) groups excluding carboxylic acids is 1. The molecule has 1 saturated heterocycles. The molecule has 2 aromatic heterocycles. The van der Waals surface area contributed by atoms with Crippen LogP contribution in [0.4, 0.5) is 0 Å². The van der Waals surface area contributed by atoms with Crippen LogP contribution in [0.2, 0.25) is 10.0 Å². The first-order valence-corrected chi connectivity index (χ1v) is 10.5. The average molecular weight is 447 g/mol. The molecule has 0 spiro atoms. The summed E-state index contributed by atoms with van der Waals surface area (Å²) in [5.41, 5.74) is 2.10. The Morgan fingerprint density at radius 3 is 2.93 bits per heavy atom. The molecule has 0 amide bonds. The number of hydrogen-bond acceptors (Lipinski definition) is 5. The first kappa shape index (κ1) is 20.7. The number of aromatic nitrogens is 3. The molecule has 0 radical (unpaired) electrons. The number of ether oxygens (including phenoxy) is 2. The zero-order valence-electron chi connectivity index (χ0n) is 16.4. The Bertz CT molecular complexity index is 1140. The van der Waals surface area contributed by atoms with Gasteiger partial charge >= 0.3 is 5.97 Å². The summed E-state index contributed by atoms with van der Waals surface area (Å²) in [7, 11) is 0. The molecule has 0 bridgehead atoms. The summed E-state index contributed by atoms with van der Waals surface area (Å²) in [5.74, 6) is -0.534. The highest BCUT2D eigenvalue weighted by Crippen LogP contribution is 2.41. The van der Waals surface area contributed by atoms with Crippen LogP contribution in [0, 0.1) is 11.3 Å². The lowest BCUT2D eigenvalue weighted by Crippen LogP contribution is -2.18. The van der Waals surface area contributed by atoms with Crippen molar-refractivity contribution in [3.05, 3.63) is 40.3 Å². The number of esters is 1. The van der Waals surface area contributed by atoms with Gasteiger partial charge in [0.15, 0.2) is 0 Å². The number of halogens is 2. The largest absolute Gasteiger partial charge is 0.461 e. The van der Waals surface area contributed by atoms with Crippen LogP contribution in [0.5, 0.6) is 0 Å². The fourth-order valence-electron chi connectivity index (χ4n) is 3.87. The summed E-state index contributed by atoms with van der Waals surface area (Å²) >= 11 is 12.7. The van der Waals surface area contributed by atoms with Crippen molar-refractivity contribution in [1.29, 1.82) is 5.26 Å². The monoisotopic (exact) mass is 446 g/mol. The normalized spacial score (nSPS) is 16.5. The topological polar surface area (TPSA) is 82.1 Å². The van der Waals surface area contributed by atoms with E-state index in [1.807, 2.05) is 6.20 Å². The zero-order valence-corrected chi connectivity index (χ0v) is 17.9. The van der Waals surface area contributed by atoms with Gasteiger partial charge in [0.2, 0.25) is 0 Å². The summed E-state index contributed by atoms with van der Waals surface area (Å²) in [4.78, 5) is 12.9. The molecule has 1 atom stereocenters. The molecule has 1 unspecified atom stereocenters. The third-order valence-corrected chi connectivity index (χ3v) is 5.95. The molecule has 7 nitrogen and oxygen atoms in total. The van der Waals surface area contributed by atoms with Crippen LogP contribution in [-0.4, -0.2) is 33.5 Å². The van der Waals surface area contributed by atoms with Crippen LogP contribution in [0.25, 0.3) is 22.0 Å². The lowest BCUT2D eigenvalue weighted by molar-refractivity contribution is -0.0394. The number of nitriles is 1. The van der Waals surface area contributed by atoms with Gasteiger partial charge in [0.05, 0.1) is 34.4 Å². The van der Waals surface area contributed by atoms with E-state index in [1.54, 1.807) is 34.5 Å². The van der Waals surface area contributed by atoms with Gasteiger partial charge in [-0.05, 0) is 32.3 Å². The maximum Gasteiger partial charge on any atom is 0.355 e. The Morgan fingerprint density at radius 1 is 1.40 bits per heavy atom. The van der Waals surface area contributed by atoms with E-state index in [-0.39, 0.29) is 30.1 Å². The molecule has 30 heavy (non-hydrogen) atoms. The molecule has 1 aromatic carbocycles. The lowest BCUT2D eigenvalue weighted by Gasteiger charge is -2.22. The highest BCUT2D eigenvalue weighted by Gasteiger charge is 2.28. The average Bonchev–Trinajstić information content (AvgIpc) is 3.35. The van der Waals surface area contributed by atoms with Crippen molar-refractivity contribution in [1.82, 2.24) is 14.3 Å². The molecule has 0 aliphatic carbocycles. The van der Waals surface area contributed by atoms with E-state index in [2.05, 4.69) is 11.2 Å². The lowest BCUT2D eigenvalue weighted by atomic mass is 10.1. The van der Waals surface area contributed by atoms with E-state index in [9.17, 15) is 10.1 Å². The van der Waals surface area contributed by atoms with Crippen molar-refractivity contribution in [2.24, 2.45) is 0 Å². The van der Waals surface area contributed by atoms with Gasteiger partial charge in [-0.3, -0.25) is 0 Å². The minimum atomic E-state index is -0.534. The van der Waals surface area contributed by atoms with Crippen molar-refractivity contribution in [2.45, 2.75) is 39.0 Å². The van der Waals surface area contributed by atoms with Gasteiger partial charge in [-0.1, -0.05) is 29.3 Å². The molecular formula is C21H20Cl2N4O3. The zero-order chi connectivity index (χ0) is 21.3. The van der Waals surface area contributed by atoms with Crippen LogP contribution in [-0.2, 0) is 16.0 Å². The van der Waals surface area contributed by atoms with E-state index in [4.69, 9.17) is 32.7 Å². The molecule has 4 rings (SSSR count). The molecular weight excluding hydrogens is 427 g/mol. The second-order valence-corrected chi connectivity index (χ2v) is 7.76. The predicted octanol–water partition coefficient (Wildman–Crippen LogP) is 5.21. The molecule has 0 N–H and O–H groups in total. The molecule has 1 aliphatic rings. The molecule has 1 fully saturated rings. The minimum Gasteiger partial charge on any atom is -0.461 e. The van der Waals surface area contributed by atoms with E-state index < -0.39 is 5.97 Å². The van der Waals surface area contributed by atoms with Gasteiger partial charge < -0.3 is 14.0 Å². The van der Waals surface area contributed by atoms with E-state index in [0.29, 0.717) is 33.7 Å². The molecule has 3 aromatic rings. The number of carbonyl (C=O) groups is 1. The molecule has 1 aliphatic heterocycles. The summed E-state index contributed by atoms with van der Waals surface area (Å²) in [5, 5.41) is 15.2. The number of nitrogens with zero attached hydrogens (tertiary/aromatic N) is 4. The third-order valence-electron chi connectivity index (χ3n) is 5.15.